The highest BCUT2D eigenvalue weighted by Crippen LogP contribution is 2.26. The van der Waals surface area contributed by atoms with Crippen molar-refractivity contribution in [3.63, 3.8) is 0 Å². The molecule has 2 aromatic heterocycles. The highest BCUT2D eigenvalue weighted by molar-refractivity contribution is 7.09. The maximum absolute atomic E-state index is 13.2. The van der Waals surface area contributed by atoms with Crippen LogP contribution < -0.4 is 4.90 Å². The number of thiazole rings is 1. The molecule has 0 atom stereocenters. The van der Waals surface area contributed by atoms with E-state index in [0.717, 1.165) is 5.69 Å². The molecule has 0 saturated carbocycles. The van der Waals surface area contributed by atoms with Crippen LogP contribution in [-0.2, 0) is 12.1 Å². The van der Waals surface area contributed by atoms with Gasteiger partial charge in [-0.3, -0.25) is 0 Å². The zero-order chi connectivity index (χ0) is 15.9. The Morgan fingerprint density at radius 3 is 2.82 bits per heavy atom. The number of benzene rings is 1. The van der Waals surface area contributed by atoms with Gasteiger partial charge in [0.25, 0.3) is 6.01 Å². The van der Waals surface area contributed by atoms with E-state index in [9.17, 15) is 9.50 Å². The molecular weight excluding hydrogens is 305 g/mol. The molecule has 0 radical (unpaired) electrons. The van der Waals surface area contributed by atoms with Crippen LogP contribution >= 0.6 is 11.3 Å². The van der Waals surface area contributed by atoms with E-state index >= 15 is 0 Å². The quantitative estimate of drug-likeness (QED) is 0.799. The first-order valence-electron chi connectivity index (χ1n) is 6.77. The molecule has 0 amide bonds. The first-order chi connectivity index (χ1) is 10.3. The van der Waals surface area contributed by atoms with Crippen molar-refractivity contribution in [2.75, 3.05) is 11.9 Å². The van der Waals surface area contributed by atoms with Crippen molar-refractivity contribution in [2.45, 2.75) is 26.0 Å². The van der Waals surface area contributed by atoms with E-state index in [1.54, 1.807) is 24.8 Å². The van der Waals surface area contributed by atoms with Crippen molar-refractivity contribution in [3.05, 3.63) is 40.1 Å². The summed E-state index contributed by atoms with van der Waals surface area (Å²) >= 11 is 1.41. The van der Waals surface area contributed by atoms with Gasteiger partial charge in [0, 0.05) is 18.5 Å². The summed E-state index contributed by atoms with van der Waals surface area (Å²) in [6.07, 6.45) is 0. The summed E-state index contributed by atoms with van der Waals surface area (Å²) in [4.78, 5) is 10.5. The predicted molar refractivity (Wildman–Crippen MR) is 83.4 cm³/mol. The maximum Gasteiger partial charge on any atom is 0.298 e. The summed E-state index contributed by atoms with van der Waals surface area (Å²) in [6, 6.07) is 4.65. The Morgan fingerprint density at radius 2 is 2.14 bits per heavy atom. The number of nitrogens with zero attached hydrogens (tertiary/aromatic N) is 3. The Hall–Kier alpha value is -1.99. The number of halogens is 1. The molecule has 0 unspecified atom stereocenters. The van der Waals surface area contributed by atoms with Gasteiger partial charge in [0.15, 0.2) is 5.58 Å². The van der Waals surface area contributed by atoms with Crippen LogP contribution in [0.2, 0.25) is 0 Å². The molecular formula is C15H16FN3O2S. The Morgan fingerprint density at radius 1 is 1.36 bits per heavy atom. The summed E-state index contributed by atoms with van der Waals surface area (Å²) < 4.78 is 18.7. The van der Waals surface area contributed by atoms with Crippen LogP contribution in [-0.4, -0.2) is 22.1 Å². The molecule has 0 aliphatic rings. The van der Waals surface area contributed by atoms with Gasteiger partial charge in [0.2, 0.25) is 0 Å². The lowest BCUT2D eigenvalue weighted by Crippen LogP contribution is -2.18. The van der Waals surface area contributed by atoms with Gasteiger partial charge in [-0.15, -0.1) is 11.3 Å². The lowest BCUT2D eigenvalue weighted by atomic mass is 10.1. The van der Waals surface area contributed by atoms with Crippen LogP contribution in [0.1, 0.15) is 24.5 Å². The lowest BCUT2D eigenvalue weighted by Gasteiger charge is -2.14. The smallest absolute Gasteiger partial charge is 0.298 e. The van der Waals surface area contributed by atoms with Crippen molar-refractivity contribution in [3.8, 4) is 0 Å². The van der Waals surface area contributed by atoms with Gasteiger partial charge < -0.3 is 14.4 Å². The van der Waals surface area contributed by atoms with Crippen LogP contribution in [0.3, 0.4) is 0 Å². The number of aliphatic hydroxyl groups is 1. The van der Waals surface area contributed by atoms with Crippen LogP contribution in [0.15, 0.2) is 28.0 Å². The van der Waals surface area contributed by atoms with Crippen LogP contribution in [0.5, 0.6) is 0 Å². The highest BCUT2D eigenvalue weighted by atomic mass is 32.1. The van der Waals surface area contributed by atoms with Gasteiger partial charge in [-0.2, -0.15) is 4.98 Å². The number of rotatable bonds is 4. The monoisotopic (exact) mass is 321 g/mol. The lowest BCUT2D eigenvalue weighted by molar-refractivity contribution is 0.0781. The minimum Gasteiger partial charge on any atom is -0.423 e. The number of hydrogen-bond acceptors (Lipinski definition) is 6. The average molecular weight is 321 g/mol. The van der Waals surface area contributed by atoms with Crippen LogP contribution in [0, 0.1) is 5.82 Å². The molecule has 5 nitrogen and oxygen atoms in total. The third kappa shape index (κ3) is 2.95. The van der Waals surface area contributed by atoms with Gasteiger partial charge in [-0.25, -0.2) is 9.37 Å². The van der Waals surface area contributed by atoms with Crippen molar-refractivity contribution in [1.29, 1.82) is 0 Å². The second-order valence-electron chi connectivity index (χ2n) is 5.67. The number of oxazole rings is 1. The van der Waals surface area contributed by atoms with E-state index in [-0.39, 0.29) is 5.82 Å². The Kier molecular flexibility index (Phi) is 3.62. The van der Waals surface area contributed by atoms with Gasteiger partial charge >= 0.3 is 0 Å². The molecule has 3 aromatic rings. The molecule has 0 aliphatic heterocycles. The number of aromatic nitrogens is 2. The first-order valence-corrected chi connectivity index (χ1v) is 7.65. The largest absolute Gasteiger partial charge is 0.423 e. The normalized spacial score (nSPS) is 12.0. The van der Waals surface area contributed by atoms with Gasteiger partial charge in [0.1, 0.15) is 21.9 Å². The molecule has 0 spiro atoms. The second kappa shape index (κ2) is 5.33. The van der Waals surface area contributed by atoms with E-state index in [2.05, 4.69) is 9.97 Å². The SMILES string of the molecule is CN(Cc1csc(C(C)(C)O)n1)c1nc2ccc(F)cc2o1. The van der Waals surface area contributed by atoms with Crippen molar-refractivity contribution in [1.82, 2.24) is 9.97 Å². The van der Waals surface area contributed by atoms with E-state index in [1.807, 2.05) is 12.4 Å². The number of fused-ring (bicyclic) bond motifs is 1. The molecule has 0 bridgehead atoms. The molecule has 0 aliphatic carbocycles. The number of hydrogen-bond donors (Lipinski definition) is 1. The summed E-state index contributed by atoms with van der Waals surface area (Å²) in [5.74, 6) is -0.354. The number of anilines is 1. The van der Waals surface area contributed by atoms with Gasteiger partial charge in [-0.05, 0) is 26.0 Å². The third-order valence-electron chi connectivity index (χ3n) is 3.14. The molecule has 1 aromatic carbocycles. The Bertz CT molecular complexity index is 807. The zero-order valence-corrected chi connectivity index (χ0v) is 13.3. The second-order valence-corrected chi connectivity index (χ2v) is 6.53. The zero-order valence-electron chi connectivity index (χ0n) is 12.5. The minimum atomic E-state index is -0.948. The van der Waals surface area contributed by atoms with E-state index in [1.165, 1.54) is 23.5 Å². The molecule has 1 N–H and O–H groups in total. The van der Waals surface area contributed by atoms with E-state index < -0.39 is 5.60 Å². The van der Waals surface area contributed by atoms with E-state index in [0.29, 0.717) is 28.7 Å². The molecule has 2 heterocycles. The minimum absolute atomic E-state index is 0.354. The first kappa shape index (κ1) is 14.9. The van der Waals surface area contributed by atoms with Crippen LogP contribution in [0.4, 0.5) is 10.4 Å². The van der Waals surface area contributed by atoms with Gasteiger partial charge in [0.05, 0.1) is 12.2 Å². The summed E-state index contributed by atoms with van der Waals surface area (Å²) in [5, 5.41) is 12.5. The third-order valence-corrected chi connectivity index (χ3v) is 4.34. The topological polar surface area (TPSA) is 62.4 Å². The maximum atomic E-state index is 13.2. The highest BCUT2D eigenvalue weighted by Gasteiger charge is 2.21. The average Bonchev–Trinajstić information content (AvgIpc) is 3.03. The Balaban J connectivity index is 1.80. The fraction of sp³-hybridized carbons (Fsp3) is 0.333. The Labute approximate surface area is 131 Å². The summed E-state index contributed by atoms with van der Waals surface area (Å²) in [6.45, 7) is 3.89. The summed E-state index contributed by atoms with van der Waals surface area (Å²) in [5.41, 5.74) is 0.894. The van der Waals surface area contributed by atoms with E-state index in [4.69, 9.17) is 4.42 Å². The van der Waals surface area contributed by atoms with Crippen molar-refractivity contribution >= 4 is 28.5 Å². The van der Waals surface area contributed by atoms with Crippen molar-refractivity contribution < 1.29 is 13.9 Å². The van der Waals surface area contributed by atoms with Gasteiger partial charge in [-0.1, -0.05) is 0 Å². The fourth-order valence-electron chi connectivity index (χ4n) is 2.02. The molecule has 0 fully saturated rings. The molecule has 116 valence electrons. The molecule has 22 heavy (non-hydrogen) atoms. The van der Waals surface area contributed by atoms with Crippen LogP contribution in [0.25, 0.3) is 11.1 Å². The molecule has 7 heteroatoms. The summed E-state index contributed by atoms with van der Waals surface area (Å²) in [7, 11) is 1.82. The fourth-order valence-corrected chi connectivity index (χ4v) is 2.85. The van der Waals surface area contributed by atoms with Crippen molar-refractivity contribution in [2.24, 2.45) is 0 Å². The predicted octanol–water partition coefficient (Wildman–Crippen LogP) is 3.29. The molecule has 0 saturated heterocycles. The standard InChI is InChI=1S/C15H16FN3O2S/c1-15(2,20)13-17-10(8-22-13)7-19(3)14-18-11-5-4-9(16)6-12(11)21-14/h4-6,8,20H,7H2,1-3H3. The molecule has 3 rings (SSSR count).